The molecule has 4 nitrogen and oxygen atoms in total. The number of aromatic amines is 1. The van der Waals surface area contributed by atoms with Gasteiger partial charge in [0.05, 0.1) is 18.3 Å². The summed E-state index contributed by atoms with van der Waals surface area (Å²) in [5.41, 5.74) is 1.53. The van der Waals surface area contributed by atoms with E-state index in [2.05, 4.69) is 4.98 Å². The largest absolute Gasteiger partial charge is 0.462 e. The first kappa shape index (κ1) is 11.3. The Labute approximate surface area is 105 Å². The van der Waals surface area contributed by atoms with Crippen LogP contribution in [0.15, 0.2) is 30.5 Å². The molecule has 4 heteroatoms. The topological polar surface area (TPSA) is 62.3 Å². The highest BCUT2D eigenvalue weighted by atomic mass is 16.5. The number of esters is 1. The number of nitrogens with one attached hydrogen (secondary N) is 1. The van der Waals surface area contributed by atoms with Gasteiger partial charge in [-0.2, -0.15) is 0 Å². The molecule has 1 aromatic carbocycles. The molecule has 0 amide bonds. The summed E-state index contributed by atoms with van der Waals surface area (Å²) >= 11 is 0. The van der Waals surface area contributed by atoms with Crippen LogP contribution in [0, 0.1) is 5.92 Å². The van der Waals surface area contributed by atoms with Gasteiger partial charge in [-0.15, -0.1) is 0 Å². The van der Waals surface area contributed by atoms with E-state index in [-0.39, 0.29) is 12.1 Å². The quantitative estimate of drug-likeness (QED) is 0.814. The Bertz CT molecular complexity index is 569. The highest BCUT2D eigenvalue weighted by Gasteiger charge is 2.28. The van der Waals surface area contributed by atoms with Gasteiger partial charge in [0, 0.05) is 17.1 Å². The fourth-order valence-corrected chi connectivity index (χ4v) is 2.37. The van der Waals surface area contributed by atoms with Crippen molar-refractivity contribution in [1.82, 2.24) is 4.98 Å². The Morgan fingerprint density at radius 3 is 3.00 bits per heavy atom. The summed E-state index contributed by atoms with van der Waals surface area (Å²) in [6, 6.07) is 7.41. The van der Waals surface area contributed by atoms with Gasteiger partial charge in [-0.1, -0.05) is 6.07 Å². The number of rotatable bonds is 3. The summed E-state index contributed by atoms with van der Waals surface area (Å²) in [5.74, 6) is 0.0240. The number of aliphatic hydroxyl groups is 1. The molecule has 1 aliphatic carbocycles. The van der Waals surface area contributed by atoms with E-state index in [1.165, 1.54) is 0 Å². The van der Waals surface area contributed by atoms with Crippen LogP contribution < -0.4 is 0 Å². The standard InChI is InChI=1S/C14H15NO3/c16-10-6-9(7-10)8-18-14(17)12-2-1-3-13-11(12)4-5-15-13/h1-5,9-10,15-16H,6-8H2. The molecule has 0 saturated heterocycles. The van der Waals surface area contributed by atoms with Gasteiger partial charge in [0.15, 0.2) is 0 Å². The first-order chi connectivity index (χ1) is 8.74. The molecule has 0 aliphatic heterocycles. The van der Waals surface area contributed by atoms with Crippen molar-refractivity contribution in [2.75, 3.05) is 6.61 Å². The zero-order valence-corrected chi connectivity index (χ0v) is 9.93. The number of aromatic nitrogens is 1. The molecule has 1 heterocycles. The molecule has 1 aromatic heterocycles. The minimum atomic E-state index is -0.290. The van der Waals surface area contributed by atoms with E-state index in [4.69, 9.17) is 9.84 Å². The minimum absolute atomic E-state index is 0.207. The Hall–Kier alpha value is -1.81. The number of carbonyl (C=O) groups excluding carboxylic acids is 1. The lowest BCUT2D eigenvalue weighted by molar-refractivity contribution is -0.00381. The Morgan fingerprint density at radius 2 is 2.22 bits per heavy atom. The lowest BCUT2D eigenvalue weighted by Crippen LogP contribution is -2.32. The van der Waals surface area contributed by atoms with E-state index in [1.54, 1.807) is 6.07 Å². The van der Waals surface area contributed by atoms with Gasteiger partial charge < -0.3 is 14.8 Å². The lowest BCUT2D eigenvalue weighted by atomic mass is 9.83. The number of hydrogen-bond donors (Lipinski definition) is 2. The number of carbonyl (C=O) groups is 1. The predicted molar refractivity (Wildman–Crippen MR) is 67.3 cm³/mol. The molecular weight excluding hydrogens is 230 g/mol. The zero-order chi connectivity index (χ0) is 12.5. The number of benzene rings is 1. The van der Waals surface area contributed by atoms with Crippen LogP contribution in [0.2, 0.25) is 0 Å². The van der Waals surface area contributed by atoms with Crippen molar-refractivity contribution >= 4 is 16.9 Å². The SMILES string of the molecule is O=C(OCC1CC(O)C1)c1cccc2[nH]ccc12. The summed E-state index contributed by atoms with van der Waals surface area (Å²) in [4.78, 5) is 15.1. The molecule has 0 radical (unpaired) electrons. The minimum Gasteiger partial charge on any atom is -0.462 e. The average Bonchev–Trinajstić information content (AvgIpc) is 2.80. The van der Waals surface area contributed by atoms with Crippen LogP contribution in [-0.4, -0.2) is 28.8 Å². The van der Waals surface area contributed by atoms with Crippen LogP contribution in [0.1, 0.15) is 23.2 Å². The van der Waals surface area contributed by atoms with Gasteiger partial charge in [-0.3, -0.25) is 0 Å². The van der Waals surface area contributed by atoms with Crippen molar-refractivity contribution in [3.63, 3.8) is 0 Å². The summed E-state index contributed by atoms with van der Waals surface area (Å²) < 4.78 is 5.29. The average molecular weight is 245 g/mol. The molecule has 1 fully saturated rings. The third-order valence-electron chi connectivity index (χ3n) is 3.48. The van der Waals surface area contributed by atoms with E-state index < -0.39 is 0 Å². The molecular formula is C14H15NO3. The van der Waals surface area contributed by atoms with E-state index in [9.17, 15) is 4.79 Å². The molecule has 2 aromatic rings. The maximum absolute atomic E-state index is 12.0. The highest BCUT2D eigenvalue weighted by molar-refractivity contribution is 6.03. The van der Waals surface area contributed by atoms with Gasteiger partial charge in [0.2, 0.25) is 0 Å². The van der Waals surface area contributed by atoms with Crippen molar-refractivity contribution in [3.05, 3.63) is 36.0 Å². The molecule has 1 saturated carbocycles. The van der Waals surface area contributed by atoms with E-state index in [0.717, 1.165) is 23.7 Å². The summed E-state index contributed by atoms with van der Waals surface area (Å²) in [6.45, 7) is 0.400. The molecule has 2 N–H and O–H groups in total. The van der Waals surface area contributed by atoms with Crippen molar-refractivity contribution < 1.29 is 14.6 Å². The van der Waals surface area contributed by atoms with Gasteiger partial charge >= 0.3 is 5.97 Å². The first-order valence-corrected chi connectivity index (χ1v) is 6.15. The number of hydrogen-bond acceptors (Lipinski definition) is 3. The molecule has 3 rings (SSSR count). The van der Waals surface area contributed by atoms with Crippen LogP contribution in [0.5, 0.6) is 0 Å². The number of fused-ring (bicyclic) bond motifs is 1. The maximum Gasteiger partial charge on any atom is 0.338 e. The maximum atomic E-state index is 12.0. The Morgan fingerprint density at radius 1 is 1.39 bits per heavy atom. The van der Waals surface area contributed by atoms with E-state index in [1.807, 2.05) is 24.4 Å². The Balaban J connectivity index is 1.70. The molecule has 18 heavy (non-hydrogen) atoms. The third-order valence-corrected chi connectivity index (χ3v) is 3.48. The molecule has 1 aliphatic rings. The molecule has 94 valence electrons. The highest BCUT2D eigenvalue weighted by Crippen LogP contribution is 2.27. The van der Waals surface area contributed by atoms with Crippen molar-refractivity contribution in [2.45, 2.75) is 18.9 Å². The zero-order valence-electron chi connectivity index (χ0n) is 9.93. The molecule has 0 unspecified atom stereocenters. The fourth-order valence-electron chi connectivity index (χ4n) is 2.37. The van der Waals surface area contributed by atoms with Gasteiger partial charge in [-0.25, -0.2) is 4.79 Å². The summed E-state index contributed by atoms with van der Waals surface area (Å²) in [5, 5.41) is 10.1. The predicted octanol–water partition coefficient (Wildman–Crippen LogP) is 2.10. The Kier molecular flexibility index (Phi) is 2.80. The van der Waals surface area contributed by atoms with Crippen molar-refractivity contribution in [1.29, 1.82) is 0 Å². The summed E-state index contributed by atoms with van der Waals surface area (Å²) in [6.07, 6.45) is 3.08. The molecule has 0 bridgehead atoms. The number of H-pyrrole nitrogens is 1. The van der Waals surface area contributed by atoms with Crippen LogP contribution in [0.25, 0.3) is 10.9 Å². The molecule has 0 atom stereocenters. The van der Waals surface area contributed by atoms with Crippen LogP contribution in [0.3, 0.4) is 0 Å². The lowest BCUT2D eigenvalue weighted by Gasteiger charge is -2.30. The number of aliphatic hydroxyl groups excluding tert-OH is 1. The first-order valence-electron chi connectivity index (χ1n) is 6.15. The van der Waals surface area contributed by atoms with Gasteiger partial charge in [0.1, 0.15) is 0 Å². The second-order valence-electron chi connectivity index (χ2n) is 4.83. The molecule has 0 spiro atoms. The van der Waals surface area contributed by atoms with Crippen molar-refractivity contribution in [3.8, 4) is 0 Å². The van der Waals surface area contributed by atoms with E-state index >= 15 is 0 Å². The van der Waals surface area contributed by atoms with Gasteiger partial charge in [-0.05, 0) is 37.0 Å². The van der Waals surface area contributed by atoms with Crippen molar-refractivity contribution in [2.24, 2.45) is 5.92 Å². The second-order valence-corrected chi connectivity index (χ2v) is 4.83. The smallest absolute Gasteiger partial charge is 0.338 e. The number of ether oxygens (including phenoxy) is 1. The third kappa shape index (κ3) is 1.99. The van der Waals surface area contributed by atoms with E-state index in [0.29, 0.717) is 18.1 Å². The second kappa shape index (κ2) is 4.46. The summed E-state index contributed by atoms with van der Waals surface area (Å²) in [7, 11) is 0. The van der Waals surface area contributed by atoms with Crippen LogP contribution in [-0.2, 0) is 4.74 Å². The van der Waals surface area contributed by atoms with Crippen LogP contribution >= 0.6 is 0 Å². The monoisotopic (exact) mass is 245 g/mol. The normalized spacial score (nSPS) is 22.7. The fraction of sp³-hybridized carbons (Fsp3) is 0.357. The van der Waals surface area contributed by atoms with Crippen LogP contribution in [0.4, 0.5) is 0 Å². The van der Waals surface area contributed by atoms with Gasteiger partial charge in [0.25, 0.3) is 0 Å².